The first kappa shape index (κ1) is 34.7. The third-order valence-corrected chi connectivity index (χ3v) is 6.99. The fourth-order valence-corrected chi connectivity index (χ4v) is 4.90. The highest BCUT2D eigenvalue weighted by Gasteiger charge is 2.36. The summed E-state index contributed by atoms with van der Waals surface area (Å²) >= 11 is 0. The predicted molar refractivity (Wildman–Crippen MR) is 151 cm³/mol. The van der Waals surface area contributed by atoms with Crippen molar-refractivity contribution in [3.8, 4) is 5.75 Å². The molecule has 0 heterocycles. The van der Waals surface area contributed by atoms with E-state index in [2.05, 4.69) is 15.4 Å². The Kier molecular flexibility index (Phi) is 10.9. The van der Waals surface area contributed by atoms with Gasteiger partial charge in [-0.25, -0.2) is 8.42 Å². The van der Waals surface area contributed by atoms with Crippen molar-refractivity contribution in [1.82, 2.24) is 10.6 Å². The molecule has 0 aliphatic carbocycles. The van der Waals surface area contributed by atoms with Gasteiger partial charge in [0.15, 0.2) is 0 Å². The monoisotopic (exact) mass is 647 g/mol. The molecule has 0 radical (unpaired) electrons. The van der Waals surface area contributed by atoms with E-state index in [1.807, 2.05) is 6.92 Å². The summed E-state index contributed by atoms with van der Waals surface area (Å²) < 4.78 is 104. The van der Waals surface area contributed by atoms with Gasteiger partial charge in [-0.3, -0.25) is 9.52 Å². The Hall–Kier alpha value is -3.82. The van der Waals surface area contributed by atoms with Crippen LogP contribution in [0.2, 0.25) is 0 Å². The van der Waals surface area contributed by atoms with Crippen LogP contribution in [0.3, 0.4) is 0 Å². The van der Waals surface area contributed by atoms with Crippen LogP contribution in [0.1, 0.15) is 46.4 Å². The molecule has 0 saturated heterocycles. The van der Waals surface area contributed by atoms with Crippen molar-refractivity contribution >= 4 is 21.6 Å². The first-order valence-corrected chi connectivity index (χ1v) is 15.0. The number of aliphatic hydroxyl groups excluding tert-OH is 1. The zero-order chi connectivity index (χ0) is 32.9. The molecule has 2 atom stereocenters. The number of hydrogen-bond donors (Lipinski definition) is 5. The summed E-state index contributed by atoms with van der Waals surface area (Å²) in [5.41, 5.74) is -1.58. The number of alkyl halides is 6. The number of amides is 1. The van der Waals surface area contributed by atoms with Crippen molar-refractivity contribution < 1.29 is 49.8 Å². The Morgan fingerprint density at radius 3 is 2.09 bits per heavy atom. The van der Waals surface area contributed by atoms with Gasteiger partial charge < -0.3 is 20.8 Å². The smallest absolute Gasteiger partial charge is 0.416 e. The van der Waals surface area contributed by atoms with Crippen molar-refractivity contribution in [2.45, 2.75) is 50.8 Å². The first-order valence-electron chi connectivity index (χ1n) is 13.1. The van der Waals surface area contributed by atoms with Gasteiger partial charge in [0.2, 0.25) is 15.9 Å². The maximum Gasteiger partial charge on any atom is 0.416 e. The number of phenolic OH excluding ortho intramolecular Hbond substituents is 1. The Labute approximate surface area is 250 Å². The lowest BCUT2D eigenvalue weighted by Gasteiger charge is -2.19. The molecule has 3 aromatic rings. The average Bonchev–Trinajstić information content (AvgIpc) is 2.90. The minimum Gasteiger partial charge on any atom is -0.506 e. The lowest BCUT2D eigenvalue weighted by atomic mass is 10.0. The summed E-state index contributed by atoms with van der Waals surface area (Å²) in [5.74, 6) is -0.895. The predicted octanol–water partition coefficient (Wildman–Crippen LogP) is 4.91. The van der Waals surface area contributed by atoms with Gasteiger partial charge >= 0.3 is 12.4 Å². The van der Waals surface area contributed by atoms with Gasteiger partial charge in [-0.15, -0.1) is 0 Å². The normalized spacial score (nSPS) is 13.8. The molecule has 0 fully saturated rings. The molecule has 3 rings (SSSR count). The zero-order valence-electron chi connectivity index (χ0n) is 23.6. The Morgan fingerprint density at radius 2 is 1.50 bits per heavy atom. The molecule has 0 bridgehead atoms. The van der Waals surface area contributed by atoms with Gasteiger partial charge in [-0.1, -0.05) is 30.3 Å². The number of carbonyl (C=O) groups excluding carboxylic acids is 1. The van der Waals surface area contributed by atoms with E-state index in [0.29, 0.717) is 29.7 Å². The van der Waals surface area contributed by atoms with Crippen LogP contribution in [0.25, 0.3) is 0 Å². The van der Waals surface area contributed by atoms with Crippen molar-refractivity contribution in [2.75, 3.05) is 17.5 Å². The highest BCUT2D eigenvalue weighted by molar-refractivity contribution is 7.92. The molecule has 44 heavy (non-hydrogen) atoms. The van der Waals surface area contributed by atoms with Crippen LogP contribution in [-0.2, 0) is 46.6 Å². The van der Waals surface area contributed by atoms with Gasteiger partial charge in [0.05, 0.1) is 35.6 Å². The third kappa shape index (κ3) is 10.7. The molecule has 8 nitrogen and oxygen atoms in total. The Balaban J connectivity index is 1.56. The van der Waals surface area contributed by atoms with Crippen LogP contribution in [0.4, 0.5) is 32.0 Å². The third-order valence-electron chi connectivity index (χ3n) is 6.40. The van der Waals surface area contributed by atoms with Gasteiger partial charge in [-0.05, 0) is 65.9 Å². The second-order valence-electron chi connectivity index (χ2n) is 10.4. The number of phenols is 1. The Morgan fingerprint density at radius 1 is 0.886 bits per heavy atom. The molecule has 0 saturated carbocycles. The average molecular weight is 648 g/mol. The van der Waals surface area contributed by atoms with E-state index in [1.165, 1.54) is 18.2 Å². The summed E-state index contributed by atoms with van der Waals surface area (Å²) in [6.07, 6.45) is -9.77. The number of anilines is 1. The number of hydrogen-bond acceptors (Lipinski definition) is 6. The molecule has 0 aliphatic rings. The number of aromatic hydroxyl groups is 1. The van der Waals surface area contributed by atoms with Gasteiger partial charge in [-0.2, -0.15) is 26.3 Å². The van der Waals surface area contributed by atoms with E-state index in [0.717, 1.165) is 11.8 Å². The van der Waals surface area contributed by atoms with Crippen LogP contribution in [0.5, 0.6) is 5.75 Å². The lowest BCUT2D eigenvalue weighted by Crippen LogP contribution is -2.32. The molecular formula is C29H31F6N3O5S. The molecule has 3 aromatic carbocycles. The van der Waals surface area contributed by atoms with Crippen molar-refractivity contribution in [1.29, 1.82) is 0 Å². The molecule has 0 aromatic heterocycles. The molecule has 0 spiro atoms. The lowest BCUT2D eigenvalue weighted by molar-refractivity contribution is -0.143. The molecule has 5 N–H and O–H groups in total. The van der Waals surface area contributed by atoms with Crippen molar-refractivity contribution in [2.24, 2.45) is 0 Å². The number of halogens is 6. The molecule has 1 amide bonds. The maximum atomic E-state index is 13.1. The SMILES string of the molecule is C[C@H](Cc1cccc(CC(=O)NCc2cc(C(F)(F)F)cc(C(F)(F)F)c2)c1)NC[C@@H](O)c1ccc(O)c(NS(C)(=O)=O)c1. The highest BCUT2D eigenvalue weighted by Crippen LogP contribution is 2.36. The maximum absolute atomic E-state index is 13.1. The number of sulfonamides is 1. The summed E-state index contributed by atoms with van der Waals surface area (Å²) in [5, 5.41) is 25.9. The molecular weight excluding hydrogens is 616 g/mol. The summed E-state index contributed by atoms with van der Waals surface area (Å²) in [6.45, 7) is 1.42. The van der Waals surface area contributed by atoms with E-state index in [1.54, 1.807) is 24.3 Å². The second-order valence-corrected chi connectivity index (χ2v) is 12.1. The van der Waals surface area contributed by atoms with Crippen LogP contribution in [0, 0.1) is 0 Å². The molecule has 0 aliphatic heterocycles. The summed E-state index contributed by atoms with van der Waals surface area (Å²) in [4.78, 5) is 12.5. The van der Waals surface area contributed by atoms with Gasteiger partial charge in [0.1, 0.15) is 5.75 Å². The largest absolute Gasteiger partial charge is 0.506 e. The fraction of sp³-hybridized carbons (Fsp3) is 0.345. The standard InChI is InChI=1S/C29H31F6N3O5S/c1-17(36-16-26(40)21-6-7-25(39)24(13-21)38-44(2,42)43)8-18-4-3-5-19(9-18)12-27(41)37-15-20-10-22(28(30,31)32)14-23(11-20)29(33,34)35/h3-7,9-11,13-14,17,26,36,38-40H,8,12,15-16H2,1-2H3,(H,37,41)/t17-,26-/m1/s1. The van der Waals surface area contributed by atoms with Crippen LogP contribution in [-0.4, -0.2) is 43.4 Å². The molecule has 15 heteroatoms. The Bertz CT molecular complexity index is 1550. The van der Waals surface area contributed by atoms with Crippen molar-refractivity contribution in [3.63, 3.8) is 0 Å². The van der Waals surface area contributed by atoms with Crippen molar-refractivity contribution in [3.05, 3.63) is 94.0 Å². The van der Waals surface area contributed by atoms with Gasteiger partial charge in [0, 0.05) is 19.1 Å². The number of rotatable bonds is 12. The van der Waals surface area contributed by atoms with E-state index in [9.17, 15) is 49.8 Å². The zero-order valence-corrected chi connectivity index (χ0v) is 24.4. The number of carbonyl (C=O) groups is 1. The second kappa shape index (κ2) is 13.9. The van der Waals surface area contributed by atoms with E-state index in [4.69, 9.17) is 0 Å². The van der Waals surface area contributed by atoms with E-state index >= 15 is 0 Å². The highest BCUT2D eigenvalue weighted by atomic mass is 32.2. The van der Waals surface area contributed by atoms with Crippen LogP contribution in [0.15, 0.2) is 60.7 Å². The number of benzene rings is 3. The number of aliphatic hydroxyl groups is 1. The summed E-state index contributed by atoms with van der Waals surface area (Å²) in [6, 6.07) is 11.9. The number of nitrogens with one attached hydrogen (secondary N) is 3. The quantitative estimate of drug-likeness (QED) is 0.140. The fourth-order valence-electron chi connectivity index (χ4n) is 4.34. The first-order chi connectivity index (χ1) is 20.3. The van der Waals surface area contributed by atoms with Gasteiger partial charge in [0.25, 0.3) is 0 Å². The minimum absolute atomic E-state index is 0.0239. The van der Waals surface area contributed by atoms with E-state index in [-0.39, 0.29) is 42.1 Å². The summed E-state index contributed by atoms with van der Waals surface area (Å²) in [7, 11) is -3.65. The molecule has 240 valence electrons. The van der Waals surface area contributed by atoms with Crippen LogP contribution < -0.4 is 15.4 Å². The topological polar surface area (TPSA) is 128 Å². The molecule has 0 unspecified atom stereocenters. The van der Waals surface area contributed by atoms with E-state index < -0.39 is 52.1 Å². The minimum atomic E-state index is -4.99. The van der Waals surface area contributed by atoms with Crippen LogP contribution >= 0.6 is 0 Å².